The molecule has 0 aromatic carbocycles. The average Bonchev–Trinajstić information content (AvgIpc) is 2.39. The molecule has 20 heavy (non-hydrogen) atoms. The van der Waals surface area contributed by atoms with E-state index >= 15 is 0 Å². The highest BCUT2D eigenvalue weighted by molar-refractivity contribution is 5.85. The summed E-state index contributed by atoms with van der Waals surface area (Å²) < 4.78 is 5.82. The quantitative estimate of drug-likeness (QED) is 0.644. The van der Waals surface area contributed by atoms with E-state index < -0.39 is 0 Å². The molecule has 0 heterocycles. The Bertz CT molecular complexity index is 283. The van der Waals surface area contributed by atoms with Gasteiger partial charge in [-0.05, 0) is 46.2 Å². The number of amides is 1. The number of rotatable bonds is 9. The first-order valence-electron chi connectivity index (χ1n) is 7.70. The Balaban J connectivity index is 0.00000361. The van der Waals surface area contributed by atoms with Crippen LogP contribution in [0.25, 0.3) is 0 Å². The van der Waals surface area contributed by atoms with Crippen LogP contribution < -0.4 is 10.6 Å². The molecule has 2 atom stereocenters. The van der Waals surface area contributed by atoms with Crippen molar-refractivity contribution in [1.82, 2.24) is 10.6 Å². The van der Waals surface area contributed by atoms with Crippen LogP contribution >= 0.6 is 12.4 Å². The molecule has 2 unspecified atom stereocenters. The predicted molar refractivity (Wildman–Crippen MR) is 85.4 cm³/mol. The molecular formula is C15H31ClN2O2. The van der Waals surface area contributed by atoms with Gasteiger partial charge in [0, 0.05) is 24.5 Å². The molecule has 0 aromatic rings. The maximum Gasteiger partial charge on any atom is 0.220 e. The van der Waals surface area contributed by atoms with Gasteiger partial charge in [0.15, 0.2) is 0 Å². The highest BCUT2D eigenvalue weighted by Crippen LogP contribution is 2.48. The van der Waals surface area contributed by atoms with Crippen molar-refractivity contribution >= 4 is 18.3 Å². The van der Waals surface area contributed by atoms with Crippen LogP contribution in [-0.2, 0) is 9.53 Å². The SMILES string of the molecule is CCOC1CC(NC(=O)CCCNC)C1(CC)CC.Cl. The number of hydrogen-bond acceptors (Lipinski definition) is 3. The molecule has 0 aliphatic heterocycles. The minimum atomic E-state index is 0. The Morgan fingerprint density at radius 1 is 1.30 bits per heavy atom. The van der Waals surface area contributed by atoms with Crippen molar-refractivity contribution < 1.29 is 9.53 Å². The molecule has 0 bridgehead atoms. The third-order valence-electron chi connectivity index (χ3n) is 4.64. The van der Waals surface area contributed by atoms with Crippen LogP contribution in [0.5, 0.6) is 0 Å². The van der Waals surface area contributed by atoms with E-state index in [4.69, 9.17) is 4.74 Å². The van der Waals surface area contributed by atoms with E-state index in [1.54, 1.807) is 0 Å². The second kappa shape index (κ2) is 9.59. The average molecular weight is 307 g/mol. The molecule has 0 radical (unpaired) electrons. The fourth-order valence-corrected chi connectivity index (χ4v) is 3.28. The van der Waals surface area contributed by atoms with Crippen LogP contribution in [0.1, 0.15) is 52.9 Å². The molecule has 1 fully saturated rings. The second-order valence-corrected chi connectivity index (χ2v) is 5.45. The first-order valence-corrected chi connectivity index (χ1v) is 7.70. The zero-order valence-electron chi connectivity index (χ0n) is 13.3. The Kier molecular flexibility index (Phi) is 9.43. The van der Waals surface area contributed by atoms with Gasteiger partial charge in [0.2, 0.25) is 5.91 Å². The van der Waals surface area contributed by atoms with Crippen LogP contribution in [0, 0.1) is 5.41 Å². The van der Waals surface area contributed by atoms with Gasteiger partial charge in [-0.1, -0.05) is 13.8 Å². The highest BCUT2D eigenvalue weighted by atomic mass is 35.5. The second-order valence-electron chi connectivity index (χ2n) is 5.45. The summed E-state index contributed by atoms with van der Waals surface area (Å²) in [5.74, 6) is 0.182. The Hall–Kier alpha value is -0.320. The summed E-state index contributed by atoms with van der Waals surface area (Å²) in [5, 5.41) is 6.28. The monoisotopic (exact) mass is 306 g/mol. The molecule has 0 aromatic heterocycles. The number of nitrogens with one attached hydrogen (secondary N) is 2. The predicted octanol–water partition coefficient (Wildman–Crippen LogP) is 2.51. The van der Waals surface area contributed by atoms with Crippen molar-refractivity contribution in [2.75, 3.05) is 20.2 Å². The van der Waals surface area contributed by atoms with Gasteiger partial charge in [-0.3, -0.25) is 4.79 Å². The Morgan fingerprint density at radius 2 is 1.95 bits per heavy atom. The molecule has 1 aliphatic rings. The number of carbonyl (C=O) groups excluding carboxylic acids is 1. The van der Waals surface area contributed by atoms with Crippen molar-refractivity contribution in [2.24, 2.45) is 5.41 Å². The van der Waals surface area contributed by atoms with Gasteiger partial charge < -0.3 is 15.4 Å². The molecule has 0 spiro atoms. The van der Waals surface area contributed by atoms with Gasteiger partial charge in [0.1, 0.15) is 0 Å². The maximum atomic E-state index is 11.9. The van der Waals surface area contributed by atoms with E-state index in [-0.39, 0.29) is 23.7 Å². The summed E-state index contributed by atoms with van der Waals surface area (Å²) in [6.45, 7) is 8.10. The standard InChI is InChI=1S/C15H30N2O2.ClH/c1-5-15(6-2)12(11-13(15)19-7-3)17-14(18)9-8-10-16-4;/h12-13,16H,5-11H2,1-4H3,(H,17,18);1H. The Morgan fingerprint density at radius 3 is 2.45 bits per heavy atom. The zero-order chi connectivity index (χ0) is 14.3. The van der Waals surface area contributed by atoms with Gasteiger partial charge in [0.25, 0.3) is 0 Å². The Labute approximate surface area is 129 Å². The summed E-state index contributed by atoms with van der Waals surface area (Å²) in [6.07, 6.45) is 4.92. The van der Waals surface area contributed by atoms with E-state index in [1.165, 1.54) is 0 Å². The molecule has 1 amide bonds. The first kappa shape index (κ1) is 19.7. The number of hydrogen-bond donors (Lipinski definition) is 2. The molecule has 0 saturated heterocycles. The molecule has 2 N–H and O–H groups in total. The highest BCUT2D eigenvalue weighted by Gasteiger charge is 2.53. The zero-order valence-corrected chi connectivity index (χ0v) is 14.1. The molecule has 1 saturated carbocycles. The smallest absolute Gasteiger partial charge is 0.220 e. The third-order valence-corrected chi connectivity index (χ3v) is 4.64. The molecule has 1 rings (SSSR count). The summed E-state index contributed by atoms with van der Waals surface area (Å²) >= 11 is 0. The van der Waals surface area contributed by atoms with Crippen LogP contribution in [-0.4, -0.2) is 38.3 Å². The molecule has 120 valence electrons. The molecule has 1 aliphatic carbocycles. The first-order chi connectivity index (χ1) is 9.14. The lowest BCUT2D eigenvalue weighted by molar-refractivity contribution is -0.148. The van der Waals surface area contributed by atoms with Gasteiger partial charge in [-0.15, -0.1) is 12.4 Å². The fraction of sp³-hybridized carbons (Fsp3) is 0.933. The summed E-state index contributed by atoms with van der Waals surface area (Å²) in [7, 11) is 1.91. The topological polar surface area (TPSA) is 50.4 Å². The maximum absolute atomic E-state index is 11.9. The molecule has 4 nitrogen and oxygen atoms in total. The van der Waals surface area contributed by atoms with E-state index in [1.807, 2.05) is 14.0 Å². The van der Waals surface area contributed by atoms with Gasteiger partial charge in [0.05, 0.1) is 6.10 Å². The van der Waals surface area contributed by atoms with Crippen LogP contribution in [0.3, 0.4) is 0 Å². The van der Waals surface area contributed by atoms with E-state index in [9.17, 15) is 4.79 Å². The van der Waals surface area contributed by atoms with Crippen LogP contribution in [0.2, 0.25) is 0 Å². The number of ether oxygens (including phenoxy) is 1. The lowest BCUT2D eigenvalue weighted by atomic mass is 9.58. The molecular weight excluding hydrogens is 276 g/mol. The van der Waals surface area contributed by atoms with E-state index in [0.29, 0.717) is 18.6 Å². The van der Waals surface area contributed by atoms with E-state index in [2.05, 4.69) is 24.5 Å². The van der Waals surface area contributed by atoms with Gasteiger partial charge in [-0.25, -0.2) is 0 Å². The minimum Gasteiger partial charge on any atom is -0.378 e. The van der Waals surface area contributed by atoms with Crippen LogP contribution in [0.15, 0.2) is 0 Å². The normalized spacial score (nSPS) is 23.6. The molecule has 5 heteroatoms. The van der Waals surface area contributed by atoms with Crippen molar-refractivity contribution in [3.63, 3.8) is 0 Å². The lowest BCUT2D eigenvalue weighted by Gasteiger charge is -2.55. The van der Waals surface area contributed by atoms with Crippen molar-refractivity contribution in [2.45, 2.75) is 65.0 Å². The minimum absolute atomic E-state index is 0. The van der Waals surface area contributed by atoms with Crippen molar-refractivity contribution in [3.05, 3.63) is 0 Å². The largest absolute Gasteiger partial charge is 0.378 e. The van der Waals surface area contributed by atoms with Gasteiger partial charge >= 0.3 is 0 Å². The van der Waals surface area contributed by atoms with Crippen molar-refractivity contribution in [1.29, 1.82) is 0 Å². The third kappa shape index (κ3) is 4.34. The fourth-order valence-electron chi connectivity index (χ4n) is 3.28. The number of halogens is 1. The van der Waals surface area contributed by atoms with Gasteiger partial charge in [-0.2, -0.15) is 0 Å². The van der Waals surface area contributed by atoms with E-state index in [0.717, 1.165) is 38.8 Å². The summed E-state index contributed by atoms with van der Waals surface area (Å²) in [5.41, 5.74) is 0.147. The number of carbonyl (C=O) groups is 1. The van der Waals surface area contributed by atoms with Crippen molar-refractivity contribution in [3.8, 4) is 0 Å². The summed E-state index contributed by atoms with van der Waals surface area (Å²) in [6, 6.07) is 0.293. The van der Waals surface area contributed by atoms with Crippen LogP contribution in [0.4, 0.5) is 0 Å². The lowest BCUT2D eigenvalue weighted by Crippen LogP contribution is -2.64. The summed E-state index contributed by atoms with van der Waals surface area (Å²) in [4.78, 5) is 11.9.